The molecule has 4 nitrogen and oxygen atoms in total. The van der Waals surface area contributed by atoms with Crippen molar-refractivity contribution in [3.63, 3.8) is 0 Å². The van der Waals surface area contributed by atoms with Crippen LogP contribution < -0.4 is 11.3 Å². The van der Waals surface area contributed by atoms with Gasteiger partial charge in [-0.15, -0.1) is 0 Å². The molecule has 0 rings (SSSR count). The lowest BCUT2D eigenvalue weighted by molar-refractivity contribution is -0.137. The van der Waals surface area contributed by atoms with Crippen molar-refractivity contribution in [2.45, 2.75) is 59.2 Å². The zero-order chi connectivity index (χ0) is 11.8. The van der Waals surface area contributed by atoms with E-state index in [0.717, 1.165) is 12.8 Å². The van der Waals surface area contributed by atoms with Crippen molar-refractivity contribution >= 4 is 5.91 Å². The van der Waals surface area contributed by atoms with Crippen molar-refractivity contribution in [1.82, 2.24) is 5.43 Å². The van der Waals surface area contributed by atoms with Gasteiger partial charge in [0.2, 0.25) is 0 Å². The number of carbonyl (C=O) groups excluding carboxylic acids is 1. The van der Waals surface area contributed by atoms with E-state index in [1.165, 1.54) is 0 Å². The molecule has 2 unspecified atom stereocenters. The average Bonchev–Trinajstić information content (AvgIpc) is 2.14. The number of carbonyl (C=O) groups is 1. The highest BCUT2D eigenvalue weighted by atomic mass is 16.5. The lowest BCUT2D eigenvalue weighted by Gasteiger charge is -2.21. The Kier molecular flexibility index (Phi) is 7.34. The maximum absolute atomic E-state index is 11.4. The van der Waals surface area contributed by atoms with Crippen molar-refractivity contribution < 1.29 is 9.53 Å². The first-order valence-corrected chi connectivity index (χ1v) is 5.67. The highest BCUT2D eigenvalue weighted by Crippen LogP contribution is 2.12. The fourth-order valence-corrected chi connectivity index (χ4v) is 1.62. The largest absolute Gasteiger partial charge is 0.365 e. The SMILES string of the molecule is CCCC(OC(C)CC(C)C)C(=O)NN. The third-order valence-corrected chi connectivity index (χ3v) is 2.19. The van der Waals surface area contributed by atoms with Crippen LogP contribution in [0.2, 0.25) is 0 Å². The quantitative estimate of drug-likeness (QED) is 0.386. The van der Waals surface area contributed by atoms with Gasteiger partial charge in [-0.25, -0.2) is 5.84 Å². The molecule has 0 spiro atoms. The van der Waals surface area contributed by atoms with Crippen LogP contribution in [0.4, 0.5) is 0 Å². The fourth-order valence-electron chi connectivity index (χ4n) is 1.62. The number of hydrazine groups is 1. The van der Waals surface area contributed by atoms with Gasteiger partial charge < -0.3 is 4.74 Å². The summed E-state index contributed by atoms with van der Waals surface area (Å²) in [4.78, 5) is 11.4. The van der Waals surface area contributed by atoms with Crippen molar-refractivity contribution in [3.05, 3.63) is 0 Å². The van der Waals surface area contributed by atoms with Crippen LogP contribution in [0, 0.1) is 5.92 Å². The minimum Gasteiger partial charge on any atom is -0.365 e. The monoisotopic (exact) mass is 216 g/mol. The molecule has 90 valence electrons. The lowest BCUT2D eigenvalue weighted by atomic mass is 10.1. The minimum atomic E-state index is -0.409. The van der Waals surface area contributed by atoms with Gasteiger partial charge >= 0.3 is 0 Å². The molecule has 0 aromatic carbocycles. The molecular formula is C11H24N2O2. The van der Waals surface area contributed by atoms with Crippen LogP contribution in [0.3, 0.4) is 0 Å². The number of hydrogen-bond acceptors (Lipinski definition) is 3. The second-order valence-corrected chi connectivity index (χ2v) is 4.36. The van der Waals surface area contributed by atoms with Gasteiger partial charge in [0.25, 0.3) is 5.91 Å². The molecular weight excluding hydrogens is 192 g/mol. The van der Waals surface area contributed by atoms with E-state index < -0.39 is 6.10 Å². The molecule has 0 aliphatic carbocycles. The Bertz CT molecular complexity index is 183. The number of hydrogen-bond donors (Lipinski definition) is 2. The summed E-state index contributed by atoms with van der Waals surface area (Å²) in [7, 11) is 0. The summed E-state index contributed by atoms with van der Waals surface area (Å²) >= 11 is 0. The van der Waals surface area contributed by atoms with Crippen LogP contribution in [0.15, 0.2) is 0 Å². The molecule has 3 N–H and O–H groups in total. The predicted molar refractivity (Wildman–Crippen MR) is 61.0 cm³/mol. The van der Waals surface area contributed by atoms with Crippen molar-refractivity contribution in [2.75, 3.05) is 0 Å². The summed E-state index contributed by atoms with van der Waals surface area (Å²) in [5, 5.41) is 0. The van der Waals surface area contributed by atoms with Crippen LogP contribution in [0.5, 0.6) is 0 Å². The molecule has 4 heteroatoms. The van der Waals surface area contributed by atoms with Gasteiger partial charge in [-0.1, -0.05) is 27.2 Å². The van der Waals surface area contributed by atoms with Crippen LogP contribution in [0.25, 0.3) is 0 Å². The first-order valence-electron chi connectivity index (χ1n) is 5.67. The number of nitrogens with one attached hydrogen (secondary N) is 1. The first-order chi connectivity index (χ1) is 7.01. The first kappa shape index (κ1) is 14.4. The highest BCUT2D eigenvalue weighted by Gasteiger charge is 2.20. The van der Waals surface area contributed by atoms with E-state index in [2.05, 4.69) is 19.3 Å². The third kappa shape index (κ3) is 6.47. The van der Waals surface area contributed by atoms with Gasteiger partial charge in [0, 0.05) is 0 Å². The van der Waals surface area contributed by atoms with Gasteiger partial charge in [-0.3, -0.25) is 10.2 Å². The van der Waals surface area contributed by atoms with E-state index >= 15 is 0 Å². The van der Waals surface area contributed by atoms with E-state index in [1.807, 2.05) is 13.8 Å². The second kappa shape index (κ2) is 7.65. The van der Waals surface area contributed by atoms with Gasteiger partial charge in [0.15, 0.2) is 0 Å². The number of rotatable bonds is 7. The normalized spacial score (nSPS) is 15.1. The molecule has 0 aliphatic heterocycles. The van der Waals surface area contributed by atoms with E-state index in [1.54, 1.807) is 0 Å². The Labute approximate surface area is 92.5 Å². The molecule has 0 saturated carbocycles. The van der Waals surface area contributed by atoms with E-state index in [0.29, 0.717) is 12.3 Å². The fraction of sp³-hybridized carbons (Fsp3) is 0.909. The lowest BCUT2D eigenvalue weighted by Crippen LogP contribution is -2.41. The topological polar surface area (TPSA) is 64.3 Å². The Morgan fingerprint density at radius 1 is 1.40 bits per heavy atom. The van der Waals surface area contributed by atoms with E-state index in [9.17, 15) is 4.79 Å². The van der Waals surface area contributed by atoms with Crippen molar-refractivity contribution in [1.29, 1.82) is 0 Å². The van der Waals surface area contributed by atoms with Gasteiger partial charge in [0.05, 0.1) is 6.10 Å². The number of nitrogens with two attached hydrogens (primary N) is 1. The van der Waals surface area contributed by atoms with Gasteiger partial charge in [0.1, 0.15) is 6.10 Å². The van der Waals surface area contributed by atoms with Crippen LogP contribution in [-0.2, 0) is 9.53 Å². The Hall–Kier alpha value is -0.610. The zero-order valence-electron chi connectivity index (χ0n) is 10.2. The summed E-state index contributed by atoms with van der Waals surface area (Å²) < 4.78 is 5.66. The maximum Gasteiger partial charge on any atom is 0.262 e. The van der Waals surface area contributed by atoms with E-state index in [-0.39, 0.29) is 12.0 Å². The Balaban J connectivity index is 4.09. The van der Waals surface area contributed by atoms with Gasteiger partial charge in [-0.2, -0.15) is 0 Å². The standard InChI is InChI=1S/C11H24N2O2/c1-5-6-10(11(14)13-12)15-9(4)7-8(2)3/h8-10H,5-7,12H2,1-4H3,(H,13,14). The second-order valence-electron chi connectivity index (χ2n) is 4.36. The highest BCUT2D eigenvalue weighted by molar-refractivity contribution is 5.80. The number of ether oxygens (including phenoxy) is 1. The summed E-state index contributed by atoms with van der Waals surface area (Å²) in [6.07, 6.45) is 2.27. The summed E-state index contributed by atoms with van der Waals surface area (Å²) in [5.74, 6) is 5.44. The van der Waals surface area contributed by atoms with Crippen LogP contribution >= 0.6 is 0 Å². The molecule has 0 aromatic rings. The van der Waals surface area contributed by atoms with Crippen LogP contribution in [-0.4, -0.2) is 18.1 Å². The third-order valence-electron chi connectivity index (χ3n) is 2.19. The van der Waals surface area contributed by atoms with Crippen molar-refractivity contribution in [2.24, 2.45) is 11.8 Å². The molecule has 0 bridgehead atoms. The van der Waals surface area contributed by atoms with Gasteiger partial charge in [-0.05, 0) is 25.7 Å². The molecule has 0 saturated heterocycles. The zero-order valence-corrected chi connectivity index (χ0v) is 10.2. The summed E-state index contributed by atoms with van der Waals surface area (Å²) in [5.41, 5.74) is 2.14. The van der Waals surface area contributed by atoms with E-state index in [4.69, 9.17) is 10.6 Å². The molecule has 0 heterocycles. The molecule has 0 aromatic heterocycles. The molecule has 0 aliphatic rings. The Morgan fingerprint density at radius 2 is 2.00 bits per heavy atom. The summed E-state index contributed by atoms with van der Waals surface area (Å²) in [6, 6.07) is 0. The predicted octanol–water partition coefficient (Wildman–Crippen LogP) is 1.60. The average molecular weight is 216 g/mol. The molecule has 2 atom stereocenters. The maximum atomic E-state index is 11.4. The van der Waals surface area contributed by atoms with Crippen molar-refractivity contribution in [3.8, 4) is 0 Å². The Morgan fingerprint density at radius 3 is 2.40 bits per heavy atom. The minimum absolute atomic E-state index is 0.0962. The number of amides is 1. The van der Waals surface area contributed by atoms with Crippen LogP contribution in [0.1, 0.15) is 47.0 Å². The molecule has 15 heavy (non-hydrogen) atoms. The molecule has 0 fully saturated rings. The smallest absolute Gasteiger partial charge is 0.262 e. The molecule has 0 radical (unpaired) electrons. The molecule has 1 amide bonds. The summed E-state index contributed by atoms with van der Waals surface area (Å²) in [6.45, 7) is 8.29.